The van der Waals surface area contributed by atoms with Crippen LogP contribution in [0.2, 0.25) is 0 Å². The van der Waals surface area contributed by atoms with Gasteiger partial charge in [0.25, 0.3) is 5.56 Å². The number of aromatic carboxylic acids is 1. The Labute approximate surface area is 116 Å². The van der Waals surface area contributed by atoms with Crippen LogP contribution in [0.3, 0.4) is 0 Å². The summed E-state index contributed by atoms with van der Waals surface area (Å²) in [7, 11) is 0. The lowest BCUT2D eigenvalue weighted by Crippen LogP contribution is -2.33. The quantitative estimate of drug-likeness (QED) is 0.412. The van der Waals surface area contributed by atoms with Crippen molar-refractivity contribution < 1.29 is 30.0 Å². The van der Waals surface area contributed by atoms with Gasteiger partial charge in [-0.2, -0.15) is 0 Å². The average Bonchev–Trinajstić information content (AvgIpc) is 2.66. The van der Waals surface area contributed by atoms with Crippen molar-refractivity contribution in [3.63, 3.8) is 0 Å². The molecule has 2 heterocycles. The smallest absolute Gasteiger partial charge is 0.342 e. The zero-order valence-corrected chi connectivity index (χ0v) is 10.8. The van der Waals surface area contributed by atoms with Gasteiger partial charge < -0.3 is 25.2 Å². The first-order chi connectivity index (χ1) is 9.36. The van der Waals surface area contributed by atoms with E-state index in [1.807, 2.05) is 0 Å². The van der Waals surface area contributed by atoms with Crippen LogP contribution in [-0.4, -0.2) is 60.9 Å². The van der Waals surface area contributed by atoms with Gasteiger partial charge in [0.15, 0.2) is 11.0 Å². The minimum atomic E-state index is -1.47. The number of ether oxygens (including phenoxy) is 1. The van der Waals surface area contributed by atoms with E-state index in [-0.39, 0.29) is 4.77 Å². The molecule has 1 aromatic rings. The SMILES string of the molecule is O=C(O)c1cn([C@@H]2O[C@H](CO)[C@@H](O)[C@H]2O)c(=S)[nH]c1=O. The Morgan fingerprint density at radius 2 is 2.10 bits per heavy atom. The number of rotatable bonds is 3. The Morgan fingerprint density at radius 1 is 1.45 bits per heavy atom. The molecule has 1 saturated heterocycles. The fraction of sp³-hybridized carbons (Fsp3) is 0.500. The Balaban J connectivity index is 2.48. The van der Waals surface area contributed by atoms with Gasteiger partial charge in [-0.15, -0.1) is 0 Å². The molecule has 4 atom stereocenters. The van der Waals surface area contributed by atoms with Crippen molar-refractivity contribution in [1.82, 2.24) is 9.55 Å². The monoisotopic (exact) mass is 304 g/mol. The molecule has 0 unspecified atom stereocenters. The maximum Gasteiger partial charge on any atom is 0.342 e. The number of aliphatic hydroxyl groups is 3. The van der Waals surface area contributed by atoms with Crippen LogP contribution in [0.25, 0.3) is 0 Å². The zero-order valence-electron chi connectivity index (χ0n) is 9.96. The normalized spacial score (nSPS) is 29.6. The van der Waals surface area contributed by atoms with Crippen LogP contribution in [0, 0.1) is 4.77 Å². The summed E-state index contributed by atoms with van der Waals surface area (Å²) in [6, 6.07) is 0. The van der Waals surface area contributed by atoms with E-state index < -0.39 is 48.2 Å². The summed E-state index contributed by atoms with van der Waals surface area (Å²) in [6.45, 7) is -0.531. The number of hydrogen-bond donors (Lipinski definition) is 5. The van der Waals surface area contributed by atoms with E-state index in [2.05, 4.69) is 4.98 Å². The lowest BCUT2D eigenvalue weighted by Gasteiger charge is -2.18. The molecule has 0 amide bonds. The number of H-pyrrole nitrogens is 1. The maximum absolute atomic E-state index is 11.4. The van der Waals surface area contributed by atoms with Crippen LogP contribution in [0.15, 0.2) is 11.0 Å². The molecule has 1 aliphatic rings. The second-order valence-electron chi connectivity index (χ2n) is 4.24. The molecule has 0 saturated carbocycles. The lowest BCUT2D eigenvalue weighted by molar-refractivity contribution is -0.0542. The van der Waals surface area contributed by atoms with Crippen LogP contribution in [-0.2, 0) is 4.74 Å². The van der Waals surface area contributed by atoms with Crippen molar-refractivity contribution >= 4 is 18.2 Å². The third kappa shape index (κ3) is 2.39. The third-order valence-electron chi connectivity index (χ3n) is 2.99. The molecule has 0 bridgehead atoms. The van der Waals surface area contributed by atoms with Crippen molar-refractivity contribution in [2.75, 3.05) is 6.61 Å². The van der Waals surface area contributed by atoms with Gasteiger partial charge in [0, 0.05) is 6.20 Å². The standard InChI is InChI=1S/C10H12N2O7S/c13-2-4-5(14)6(15)8(19-4)12-1-3(9(17)18)7(16)11-10(12)20/h1,4-6,8,13-15H,2H2,(H,17,18)(H,11,16,20)/t4-,5-,6-,8-/m1/s1. The highest BCUT2D eigenvalue weighted by Gasteiger charge is 2.43. The Hall–Kier alpha value is -1.59. The first kappa shape index (κ1) is 14.8. The molecular formula is C10H12N2O7S. The van der Waals surface area contributed by atoms with Crippen LogP contribution >= 0.6 is 12.2 Å². The summed E-state index contributed by atoms with van der Waals surface area (Å²) in [6.07, 6.45) is -4.09. The van der Waals surface area contributed by atoms with Crippen LogP contribution in [0.5, 0.6) is 0 Å². The highest BCUT2D eigenvalue weighted by Crippen LogP contribution is 2.29. The molecule has 110 valence electrons. The van der Waals surface area contributed by atoms with Crippen LogP contribution < -0.4 is 5.56 Å². The minimum absolute atomic E-state index is 0.171. The number of hydrogen-bond acceptors (Lipinski definition) is 7. The van der Waals surface area contributed by atoms with Gasteiger partial charge in [-0.25, -0.2) is 4.79 Å². The first-order valence-corrected chi connectivity index (χ1v) is 5.99. The van der Waals surface area contributed by atoms with Gasteiger partial charge in [0.1, 0.15) is 23.9 Å². The van der Waals surface area contributed by atoms with Gasteiger partial charge in [-0.05, 0) is 12.2 Å². The largest absolute Gasteiger partial charge is 0.477 e. The van der Waals surface area contributed by atoms with Crippen molar-refractivity contribution in [1.29, 1.82) is 0 Å². The fourth-order valence-corrected chi connectivity index (χ4v) is 2.19. The molecule has 0 radical (unpaired) electrons. The van der Waals surface area contributed by atoms with Gasteiger partial charge in [-0.3, -0.25) is 14.3 Å². The van der Waals surface area contributed by atoms with Crippen molar-refractivity contribution in [3.8, 4) is 0 Å². The van der Waals surface area contributed by atoms with E-state index in [9.17, 15) is 19.8 Å². The summed E-state index contributed by atoms with van der Waals surface area (Å²) in [5.74, 6) is -1.47. The highest BCUT2D eigenvalue weighted by atomic mass is 32.1. The zero-order chi connectivity index (χ0) is 15.0. The number of aromatic nitrogens is 2. The van der Waals surface area contributed by atoms with E-state index in [1.165, 1.54) is 0 Å². The van der Waals surface area contributed by atoms with Crippen molar-refractivity contribution in [2.24, 2.45) is 0 Å². The second-order valence-corrected chi connectivity index (χ2v) is 4.63. The average molecular weight is 304 g/mol. The highest BCUT2D eigenvalue weighted by molar-refractivity contribution is 7.71. The molecule has 0 aliphatic carbocycles. The first-order valence-electron chi connectivity index (χ1n) is 5.58. The third-order valence-corrected chi connectivity index (χ3v) is 3.30. The topological polar surface area (TPSA) is 145 Å². The van der Waals surface area contributed by atoms with Gasteiger partial charge >= 0.3 is 5.97 Å². The summed E-state index contributed by atoms with van der Waals surface area (Å²) < 4.78 is 6.05. The fourth-order valence-electron chi connectivity index (χ4n) is 1.94. The number of carboxylic acid groups (broad SMARTS) is 1. The van der Waals surface area contributed by atoms with Gasteiger partial charge in [-0.1, -0.05) is 0 Å². The molecule has 1 aliphatic heterocycles. The number of aromatic amines is 1. The summed E-state index contributed by atoms with van der Waals surface area (Å²) in [4.78, 5) is 24.5. The second kappa shape index (κ2) is 5.42. The molecule has 9 nitrogen and oxygen atoms in total. The number of carboxylic acids is 1. The van der Waals surface area contributed by atoms with Crippen LogP contribution in [0.1, 0.15) is 16.6 Å². The van der Waals surface area contributed by atoms with Crippen molar-refractivity contribution in [2.45, 2.75) is 24.5 Å². The van der Waals surface area contributed by atoms with E-state index in [0.29, 0.717) is 0 Å². The Morgan fingerprint density at radius 3 is 2.60 bits per heavy atom. The van der Waals surface area contributed by atoms with Gasteiger partial charge in [0.05, 0.1) is 6.61 Å². The molecule has 10 heteroatoms. The maximum atomic E-state index is 11.4. The molecule has 1 aromatic heterocycles. The van der Waals surface area contributed by atoms with E-state index in [4.69, 9.17) is 27.2 Å². The predicted molar refractivity (Wildman–Crippen MR) is 65.9 cm³/mol. The molecule has 0 aromatic carbocycles. The van der Waals surface area contributed by atoms with Crippen LogP contribution in [0.4, 0.5) is 0 Å². The number of nitrogens with zero attached hydrogens (tertiary/aromatic N) is 1. The number of nitrogens with one attached hydrogen (secondary N) is 1. The van der Waals surface area contributed by atoms with Crippen molar-refractivity contribution in [3.05, 3.63) is 26.9 Å². The predicted octanol–water partition coefficient (Wildman–Crippen LogP) is -1.78. The molecule has 2 rings (SSSR count). The summed E-state index contributed by atoms with van der Waals surface area (Å²) >= 11 is 4.87. The van der Waals surface area contributed by atoms with E-state index in [1.54, 1.807) is 0 Å². The number of carbonyl (C=O) groups is 1. The lowest BCUT2D eigenvalue weighted by atomic mass is 10.1. The number of aliphatic hydroxyl groups excluding tert-OH is 3. The molecule has 1 fully saturated rings. The molecule has 5 N–H and O–H groups in total. The Kier molecular flexibility index (Phi) is 4.01. The molecular weight excluding hydrogens is 292 g/mol. The van der Waals surface area contributed by atoms with Gasteiger partial charge in [0.2, 0.25) is 0 Å². The molecule has 20 heavy (non-hydrogen) atoms. The minimum Gasteiger partial charge on any atom is -0.477 e. The van der Waals surface area contributed by atoms with E-state index >= 15 is 0 Å². The van der Waals surface area contributed by atoms with E-state index in [0.717, 1.165) is 10.8 Å². The summed E-state index contributed by atoms with van der Waals surface area (Å²) in [5.41, 5.74) is -1.47. The summed E-state index contributed by atoms with van der Waals surface area (Å²) in [5, 5.41) is 37.4. The molecule has 0 spiro atoms. The Bertz CT molecular complexity index is 639.